The summed E-state index contributed by atoms with van der Waals surface area (Å²) in [7, 11) is 3.39. The van der Waals surface area contributed by atoms with E-state index in [2.05, 4.69) is 20.9 Å². The van der Waals surface area contributed by atoms with E-state index in [1.807, 2.05) is 33.2 Å². The number of esters is 1. The highest BCUT2D eigenvalue weighted by Gasteiger charge is 2.29. The van der Waals surface area contributed by atoms with E-state index in [0.29, 0.717) is 17.1 Å². The van der Waals surface area contributed by atoms with Crippen LogP contribution in [-0.4, -0.2) is 41.5 Å². The average Bonchev–Trinajstić information content (AvgIpc) is 3.28. The second-order valence-corrected chi connectivity index (χ2v) is 7.92. The monoisotopic (exact) mass is 375 g/mol. The zero-order valence-corrected chi connectivity index (χ0v) is 16.5. The van der Waals surface area contributed by atoms with Gasteiger partial charge in [0.2, 0.25) is 5.91 Å². The highest BCUT2D eigenvalue weighted by molar-refractivity contribution is 7.16. The Morgan fingerprint density at radius 2 is 2.15 bits per heavy atom. The van der Waals surface area contributed by atoms with Crippen LogP contribution in [0.5, 0.6) is 0 Å². The Balaban J connectivity index is 1.72. The van der Waals surface area contributed by atoms with Gasteiger partial charge in [-0.15, -0.1) is 11.3 Å². The molecule has 26 heavy (non-hydrogen) atoms. The Bertz CT molecular complexity index is 824. The molecule has 6 nitrogen and oxygen atoms in total. The maximum atomic E-state index is 12.6. The lowest BCUT2D eigenvalue weighted by atomic mass is 10.1. The summed E-state index contributed by atoms with van der Waals surface area (Å²) in [5.41, 5.74) is 2.55. The number of carbonyl (C=O) groups is 2. The zero-order chi connectivity index (χ0) is 18.8. The number of nitrogens with zero attached hydrogens (tertiary/aromatic N) is 2. The van der Waals surface area contributed by atoms with Crippen LogP contribution in [0.4, 0.5) is 5.00 Å². The molecule has 3 heterocycles. The molecule has 1 atom stereocenters. The number of likely N-dealkylation sites (tertiary alicyclic amines) is 1. The van der Waals surface area contributed by atoms with Crippen molar-refractivity contribution in [3.8, 4) is 0 Å². The largest absolute Gasteiger partial charge is 0.465 e. The van der Waals surface area contributed by atoms with Crippen molar-refractivity contribution in [3.63, 3.8) is 0 Å². The first-order chi connectivity index (χ1) is 12.4. The lowest BCUT2D eigenvalue weighted by Crippen LogP contribution is -2.33. The molecule has 7 heteroatoms. The van der Waals surface area contributed by atoms with Crippen LogP contribution in [0.3, 0.4) is 0 Å². The van der Waals surface area contributed by atoms with Crippen molar-refractivity contribution in [2.75, 3.05) is 25.5 Å². The number of ether oxygens (including phenoxy) is 1. The molecule has 0 aliphatic carbocycles. The highest BCUT2D eigenvalue weighted by atomic mass is 32.1. The fraction of sp³-hybridized carbons (Fsp3) is 0.474. The molecule has 0 radical (unpaired) electrons. The van der Waals surface area contributed by atoms with Gasteiger partial charge in [0.25, 0.3) is 0 Å². The van der Waals surface area contributed by atoms with E-state index in [1.165, 1.54) is 24.1 Å². The zero-order valence-electron chi connectivity index (χ0n) is 15.7. The van der Waals surface area contributed by atoms with Crippen molar-refractivity contribution in [1.82, 2.24) is 9.47 Å². The van der Waals surface area contributed by atoms with Gasteiger partial charge < -0.3 is 14.6 Å². The van der Waals surface area contributed by atoms with E-state index in [-0.39, 0.29) is 11.9 Å². The number of thiophene rings is 1. The number of amides is 1. The highest BCUT2D eigenvalue weighted by Crippen LogP contribution is 2.34. The number of hydrogen-bond donors (Lipinski definition) is 1. The Labute approximate surface area is 157 Å². The summed E-state index contributed by atoms with van der Waals surface area (Å²) < 4.78 is 6.98. The summed E-state index contributed by atoms with van der Waals surface area (Å²) in [5.74, 6) is -0.512. The average molecular weight is 375 g/mol. The third-order valence-electron chi connectivity index (χ3n) is 5.06. The van der Waals surface area contributed by atoms with Crippen LogP contribution in [-0.2, 0) is 16.6 Å². The molecule has 1 saturated heterocycles. The fourth-order valence-electron chi connectivity index (χ4n) is 3.58. The predicted molar refractivity (Wildman–Crippen MR) is 103 cm³/mol. The first-order valence-corrected chi connectivity index (χ1v) is 9.57. The fourth-order valence-corrected chi connectivity index (χ4v) is 4.65. The number of hydrogen-bond acceptors (Lipinski definition) is 5. The van der Waals surface area contributed by atoms with Crippen molar-refractivity contribution in [2.24, 2.45) is 7.05 Å². The first kappa shape index (κ1) is 18.7. The topological polar surface area (TPSA) is 63.6 Å². The molecule has 2 aromatic rings. The molecule has 3 rings (SSSR count). The van der Waals surface area contributed by atoms with Crippen molar-refractivity contribution in [1.29, 1.82) is 0 Å². The van der Waals surface area contributed by atoms with E-state index in [9.17, 15) is 9.59 Å². The number of methoxy groups -OCH3 is 1. The first-order valence-electron chi connectivity index (χ1n) is 8.75. The number of anilines is 1. The third kappa shape index (κ3) is 3.54. The lowest BCUT2D eigenvalue weighted by molar-refractivity contribution is -0.117. The molecule has 0 spiro atoms. The smallest absolute Gasteiger partial charge is 0.341 e. The van der Waals surface area contributed by atoms with Gasteiger partial charge in [0, 0.05) is 23.8 Å². The van der Waals surface area contributed by atoms with E-state index >= 15 is 0 Å². The Morgan fingerprint density at radius 3 is 2.81 bits per heavy atom. The number of rotatable bonds is 5. The van der Waals surface area contributed by atoms with Crippen LogP contribution in [0.25, 0.3) is 0 Å². The summed E-state index contributed by atoms with van der Waals surface area (Å²) in [6, 6.07) is 4.40. The van der Waals surface area contributed by atoms with Crippen molar-refractivity contribution in [3.05, 3.63) is 40.0 Å². The third-order valence-corrected chi connectivity index (χ3v) is 6.19. The molecule has 1 fully saturated rings. The minimum atomic E-state index is -0.412. The van der Waals surface area contributed by atoms with Gasteiger partial charge in [0.05, 0.1) is 25.3 Å². The van der Waals surface area contributed by atoms with E-state index in [1.54, 1.807) is 0 Å². The second kappa shape index (κ2) is 7.63. The van der Waals surface area contributed by atoms with E-state index < -0.39 is 5.97 Å². The molecule has 0 unspecified atom stereocenters. The molecular formula is C19H25N3O3S. The quantitative estimate of drug-likeness (QED) is 0.815. The maximum absolute atomic E-state index is 12.6. The van der Waals surface area contributed by atoms with Gasteiger partial charge in [-0.3, -0.25) is 9.69 Å². The minimum Gasteiger partial charge on any atom is -0.465 e. The molecule has 1 aliphatic heterocycles. The summed E-state index contributed by atoms with van der Waals surface area (Å²) in [6.07, 6.45) is 4.16. The molecule has 1 amide bonds. The van der Waals surface area contributed by atoms with Gasteiger partial charge in [0.1, 0.15) is 5.00 Å². The molecule has 2 aromatic heterocycles. The van der Waals surface area contributed by atoms with Crippen LogP contribution in [0.2, 0.25) is 0 Å². The molecule has 0 bridgehead atoms. The van der Waals surface area contributed by atoms with Gasteiger partial charge in [-0.2, -0.15) is 0 Å². The number of aryl methyl sites for hydroxylation is 2. The summed E-state index contributed by atoms with van der Waals surface area (Å²) in [6.45, 7) is 5.02. The molecule has 1 aliphatic rings. The molecule has 140 valence electrons. The van der Waals surface area contributed by atoms with Gasteiger partial charge >= 0.3 is 5.97 Å². The van der Waals surface area contributed by atoms with Crippen molar-refractivity contribution in [2.45, 2.75) is 32.7 Å². The van der Waals surface area contributed by atoms with E-state index in [0.717, 1.165) is 29.8 Å². The lowest BCUT2D eigenvalue weighted by Gasteiger charge is -2.24. The van der Waals surface area contributed by atoms with Gasteiger partial charge in [-0.25, -0.2) is 4.79 Å². The summed E-state index contributed by atoms with van der Waals surface area (Å²) in [5, 5.41) is 3.50. The number of nitrogens with one attached hydrogen (secondary N) is 1. The predicted octanol–water partition coefficient (Wildman–Crippen LogP) is 3.27. The van der Waals surface area contributed by atoms with Crippen molar-refractivity contribution < 1.29 is 14.3 Å². The molecular weight excluding hydrogens is 350 g/mol. The second-order valence-electron chi connectivity index (χ2n) is 6.70. The van der Waals surface area contributed by atoms with Crippen LogP contribution in [0.15, 0.2) is 18.3 Å². The van der Waals surface area contributed by atoms with E-state index in [4.69, 9.17) is 4.74 Å². The maximum Gasteiger partial charge on any atom is 0.341 e. The van der Waals surface area contributed by atoms with Crippen LogP contribution in [0, 0.1) is 13.8 Å². The van der Waals surface area contributed by atoms with Crippen molar-refractivity contribution >= 4 is 28.2 Å². The molecule has 0 aromatic carbocycles. The Hall–Kier alpha value is -2.12. The van der Waals surface area contributed by atoms with Gasteiger partial charge in [-0.1, -0.05) is 0 Å². The SMILES string of the molecule is COC(=O)c1c(NC(=O)CN2CCC[C@H]2c2cccn2C)sc(C)c1C. The number of aromatic nitrogens is 1. The summed E-state index contributed by atoms with van der Waals surface area (Å²) in [4.78, 5) is 27.9. The van der Waals surface area contributed by atoms with Crippen LogP contribution < -0.4 is 5.32 Å². The van der Waals surface area contributed by atoms with Gasteiger partial charge in [0.15, 0.2) is 0 Å². The van der Waals surface area contributed by atoms with Gasteiger partial charge in [-0.05, 0) is 50.9 Å². The minimum absolute atomic E-state index is 0.0995. The normalized spacial score (nSPS) is 17.5. The molecule has 1 N–H and O–H groups in total. The Morgan fingerprint density at radius 1 is 1.38 bits per heavy atom. The standard InChI is InChI=1S/C19H25N3O3S/c1-12-13(2)26-18(17(12)19(24)25-4)20-16(23)11-22-10-6-8-15(22)14-7-5-9-21(14)3/h5,7,9,15H,6,8,10-11H2,1-4H3,(H,20,23)/t15-/m0/s1. The summed E-state index contributed by atoms with van der Waals surface area (Å²) >= 11 is 1.42. The van der Waals surface area contributed by atoms with Crippen LogP contribution in [0.1, 0.15) is 45.4 Å². The Kier molecular flexibility index (Phi) is 5.48. The molecule has 0 saturated carbocycles. The number of carbonyl (C=O) groups excluding carboxylic acids is 2. The van der Waals surface area contributed by atoms with Crippen LogP contribution >= 0.6 is 11.3 Å².